The van der Waals surface area contributed by atoms with Gasteiger partial charge in [0.05, 0.1) is 0 Å². The van der Waals surface area contributed by atoms with Gasteiger partial charge in [0.1, 0.15) is 0 Å². The van der Waals surface area contributed by atoms with Crippen molar-refractivity contribution >= 4 is 0 Å². The highest BCUT2D eigenvalue weighted by Crippen LogP contribution is 2.21. The van der Waals surface area contributed by atoms with Gasteiger partial charge >= 0.3 is 0 Å². The summed E-state index contributed by atoms with van der Waals surface area (Å²) in [5.41, 5.74) is 9.69. The summed E-state index contributed by atoms with van der Waals surface area (Å²) < 4.78 is 0. The zero-order valence-corrected chi connectivity index (χ0v) is 9.56. The SMILES string of the molecule is CC[C@@H](N)c1ccc(-c2ccccc2)cc1. The fraction of sp³-hybridized carbons (Fsp3) is 0.200. The van der Waals surface area contributed by atoms with Gasteiger partial charge in [-0.1, -0.05) is 61.5 Å². The predicted molar refractivity (Wildman–Crippen MR) is 69.1 cm³/mol. The van der Waals surface area contributed by atoms with Crippen molar-refractivity contribution in [2.45, 2.75) is 19.4 Å². The topological polar surface area (TPSA) is 26.0 Å². The summed E-state index contributed by atoms with van der Waals surface area (Å²) in [5, 5.41) is 0. The molecule has 0 amide bonds. The minimum atomic E-state index is 0.157. The second kappa shape index (κ2) is 4.95. The van der Waals surface area contributed by atoms with E-state index in [2.05, 4.69) is 55.5 Å². The van der Waals surface area contributed by atoms with Crippen molar-refractivity contribution in [1.29, 1.82) is 0 Å². The van der Waals surface area contributed by atoms with Crippen LogP contribution in [-0.2, 0) is 0 Å². The summed E-state index contributed by atoms with van der Waals surface area (Å²) in [4.78, 5) is 0. The smallest absolute Gasteiger partial charge is 0.0292 e. The standard InChI is InChI=1S/C15H17N/c1-2-15(16)14-10-8-13(9-11-14)12-6-4-3-5-7-12/h3-11,15H,2,16H2,1H3/t15-/m1/s1. The number of hydrogen-bond acceptors (Lipinski definition) is 1. The van der Waals surface area contributed by atoms with Crippen molar-refractivity contribution < 1.29 is 0 Å². The Hall–Kier alpha value is -1.60. The van der Waals surface area contributed by atoms with Crippen molar-refractivity contribution in [2.75, 3.05) is 0 Å². The van der Waals surface area contributed by atoms with E-state index in [4.69, 9.17) is 5.73 Å². The molecular formula is C15H17N. The van der Waals surface area contributed by atoms with Crippen LogP contribution in [0.2, 0.25) is 0 Å². The van der Waals surface area contributed by atoms with E-state index in [1.807, 2.05) is 6.07 Å². The monoisotopic (exact) mass is 211 g/mol. The van der Waals surface area contributed by atoms with Gasteiger partial charge in [-0.2, -0.15) is 0 Å². The minimum absolute atomic E-state index is 0.157. The van der Waals surface area contributed by atoms with Crippen molar-refractivity contribution in [1.82, 2.24) is 0 Å². The maximum atomic E-state index is 5.98. The largest absolute Gasteiger partial charge is 0.324 e. The van der Waals surface area contributed by atoms with Gasteiger partial charge < -0.3 is 5.73 Å². The molecule has 0 unspecified atom stereocenters. The summed E-state index contributed by atoms with van der Waals surface area (Å²) in [6.45, 7) is 2.11. The Balaban J connectivity index is 2.26. The lowest BCUT2D eigenvalue weighted by atomic mass is 10.0. The first-order valence-corrected chi connectivity index (χ1v) is 5.72. The van der Waals surface area contributed by atoms with Crippen LogP contribution in [0.1, 0.15) is 24.9 Å². The van der Waals surface area contributed by atoms with E-state index in [0.717, 1.165) is 6.42 Å². The van der Waals surface area contributed by atoms with Gasteiger partial charge in [0.25, 0.3) is 0 Å². The minimum Gasteiger partial charge on any atom is -0.324 e. The average molecular weight is 211 g/mol. The Morgan fingerprint density at radius 3 is 2.00 bits per heavy atom. The number of benzene rings is 2. The Morgan fingerprint density at radius 2 is 1.44 bits per heavy atom. The highest BCUT2D eigenvalue weighted by atomic mass is 14.6. The molecule has 1 nitrogen and oxygen atoms in total. The number of nitrogens with two attached hydrogens (primary N) is 1. The van der Waals surface area contributed by atoms with E-state index in [9.17, 15) is 0 Å². The van der Waals surface area contributed by atoms with Crippen molar-refractivity contribution in [3.63, 3.8) is 0 Å². The van der Waals surface area contributed by atoms with Gasteiger partial charge in [-0.25, -0.2) is 0 Å². The fourth-order valence-corrected chi connectivity index (χ4v) is 1.79. The molecular weight excluding hydrogens is 194 g/mol. The zero-order chi connectivity index (χ0) is 11.4. The van der Waals surface area contributed by atoms with Crippen LogP contribution in [0.15, 0.2) is 54.6 Å². The zero-order valence-electron chi connectivity index (χ0n) is 9.56. The molecule has 1 atom stereocenters. The molecule has 0 saturated carbocycles. The van der Waals surface area contributed by atoms with Crippen molar-refractivity contribution in [3.8, 4) is 11.1 Å². The number of hydrogen-bond donors (Lipinski definition) is 1. The molecule has 0 spiro atoms. The van der Waals surface area contributed by atoms with E-state index < -0.39 is 0 Å². The van der Waals surface area contributed by atoms with Crippen LogP contribution in [0.5, 0.6) is 0 Å². The molecule has 0 bridgehead atoms. The molecule has 0 fully saturated rings. The Labute approximate surface area is 96.9 Å². The van der Waals surface area contributed by atoms with Gasteiger partial charge in [0.15, 0.2) is 0 Å². The van der Waals surface area contributed by atoms with Crippen LogP contribution in [0, 0.1) is 0 Å². The van der Waals surface area contributed by atoms with E-state index in [1.54, 1.807) is 0 Å². The van der Waals surface area contributed by atoms with E-state index in [1.165, 1.54) is 16.7 Å². The van der Waals surface area contributed by atoms with Crippen LogP contribution < -0.4 is 5.73 Å². The Bertz CT molecular complexity index is 431. The van der Waals surface area contributed by atoms with Crippen LogP contribution in [-0.4, -0.2) is 0 Å². The van der Waals surface area contributed by atoms with Crippen molar-refractivity contribution in [2.24, 2.45) is 5.73 Å². The molecule has 16 heavy (non-hydrogen) atoms. The first kappa shape index (κ1) is 10.9. The third kappa shape index (κ3) is 2.31. The summed E-state index contributed by atoms with van der Waals surface area (Å²) in [7, 11) is 0. The molecule has 0 heterocycles. The highest BCUT2D eigenvalue weighted by Gasteiger charge is 2.03. The van der Waals surface area contributed by atoms with Gasteiger partial charge in [-0.3, -0.25) is 0 Å². The first-order valence-electron chi connectivity index (χ1n) is 5.72. The molecule has 0 radical (unpaired) electrons. The van der Waals surface area contributed by atoms with E-state index in [0.29, 0.717) is 0 Å². The molecule has 2 rings (SSSR count). The maximum Gasteiger partial charge on any atom is 0.0292 e. The molecule has 0 aliphatic carbocycles. The summed E-state index contributed by atoms with van der Waals surface area (Å²) in [6, 6.07) is 19.1. The molecule has 0 aliphatic heterocycles. The van der Waals surface area contributed by atoms with Crippen LogP contribution in [0.25, 0.3) is 11.1 Å². The van der Waals surface area contributed by atoms with E-state index in [-0.39, 0.29) is 6.04 Å². The molecule has 0 aromatic heterocycles. The van der Waals surface area contributed by atoms with Gasteiger partial charge in [0.2, 0.25) is 0 Å². The molecule has 0 saturated heterocycles. The van der Waals surface area contributed by atoms with Crippen LogP contribution in [0.3, 0.4) is 0 Å². The highest BCUT2D eigenvalue weighted by molar-refractivity contribution is 5.63. The molecule has 1 heteroatoms. The molecule has 2 aromatic carbocycles. The molecule has 82 valence electrons. The van der Waals surface area contributed by atoms with Gasteiger partial charge in [0, 0.05) is 6.04 Å². The predicted octanol–water partition coefficient (Wildman–Crippen LogP) is 3.76. The summed E-state index contributed by atoms with van der Waals surface area (Å²) >= 11 is 0. The number of rotatable bonds is 3. The quantitative estimate of drug-likeness (QED) is 0.821. The average Bonchev–Trinajstić information content (AvgIpc) is 2.39. The summed E-state index contributed by atoms with van der Waals surface area (Å²) in [5.74, 6) is 0. The lowest BCUT2D eigenvalue weighted by Crippen LogP contribution is -2.07. The fourth-order valence-electron chi connectivity index (χ4n) is 1.79. The Morgan fingerprint density at radius 1 is 0.875 bits per heavy atom. The van der Waals surface area contributed by atoms with Gasteiger partial charge in [-0.05, 0) is 23.1 Å². The summed E-state index contributed by atoms with van der Waals surface area (Å²) in [6.07, 6.45) is 0.977. The van der Waals surface area contributed by atoms with Gasteiger partial charge in [-0.15, -0.1) is 0 Å². The molecule has 2 aromatic rings. The second-order valence-corrected chi connectivity index (χ2v) is 4.00. The molecule has 0 aliphatic rings. The molecule has 2 N–H and O–H groups in total. The first-order chi connectivity index (χ1) is 7.81. The van der Waals surface area contributed by atoms with Crippen LogP contribution >= 0.6 is 0 Å². The van der Waals surface area contributed by atoms with E-state index >= 15 is 0 Å². The maximum absolute atomic E-state index is 5.98. The third-order valence-electron chi connectivity index (χ3n) is 2.89. The second-order valence-electron chi connectivity index (χ2n) is 4.00. The lowest BCUT2D eigenvalue weighted by Gasteiger charge is -2.09. The Kier molecular flexibility index (Phi) is 3.37. The third-order valence-corrected chi connectivity index (χ3v) is 2.89. The van der Waals surface area contributed by atoms with Crippen molar-refractivity contribution in [3.05, 3.63) is 60.2 Å². The van der Waals surface area contributed by atoms with Crippen LogP contribution in [0.4, 0.5) is 0 Å². The normalized spacial score (nSPS) is 12.4. The lowest BCUT2D eigenvalue weighted by molar-refractivity contribution is 0.699.